The van der Waals surface area contributed by atoms with Crippen LogP contribution in [0.2, 0.25) is 5.02 Å². The molecule has 0 unspecified atom stereocenters. The van der Waals surface area contributed by atoms with Crippen molar-refractivity contribution in [3.8, 4) is 17.2 Å². The van der Waals surface area contributed by atoms with E-state index in [0.717, 1.165) is 0 Å². The molecule has 0 atom stereocenters. The zero-order valence-electron chi connectivity index (χ0n) is 12.1. The second kappa shape index (κ2) is 6.13. The maximum absolute atomic E-state index is 11.0. The summed E-state index contributed by atoms with van der Waals surface area (Å²) in [7, 11) is 1.27. The molecule has 0 radical (unpaired) electrons. The molecule has 2 aromatic carbocycles. The molecular formula is C15H12ClN3O4. The van der Waals surface area contributed by atoms with Crippen LogP contribution in [0.4, 0.5) is 0 Å². The molecule has 0 aliphatic rings. The van der Waals surface area contributed by atoms with E-state index in [1.54, 1.807) is 30.3 Å². The van der Waals surface area contributed by atoms with E-state index in [9.17, 15) is 9.90 Å². The molecule has 1 heterocycles. The number of esters is 1. The first-order valence-corrected chi connectivity index (χ1v) is 7.00. The predicted octanol–water partition coefficient (Wildman–Crippen LogP) is 2.33. The van der Waals surface area contributed by atoms with E-state index in [0.29, 0.717) is 27.5 Å². The molecule has 0 aliphatic heterocycles. The molecule has 8 heteroatoms. The number of halogens is 1. The Bertz CT molecular complexity index is 878. The van der Waals surface area contributed by atoms with Crippen molar-refractivity contribution in [2.45, 2.75) is 0 Å². The molecule has 3 aromatic rings. The van der Waals surface area contributed by atoms with Crippen LogP contribution in [-0.4, -0.2) is 39.8 Å². The van der Waals surface area contributed by atoms with Gasteiger partial charge in [0.25, 0.3) is 0 Å². The summed E-state index contributed by atoms with van der Waals surface area (Å²) in [5.74, 6) is -0.263. The number of phenolic OH excluding ortho intramolecular Hbond substituents is 1. The van der Waals surface area contributed by atoms with Crippen LogP contribution in [0.3, 0.4) is 0 Å². The average molecular weight is 334 g/mol. The minimum atomic E-state index is -0.509. The zero-order valence-corrected chi connectivity index (χ0v) is 12.8. The van der Waals surface area contributed by atoms with E-state index in [1.807, 2.05) is 0 Å². The first kappa shape index (κ1) is 15.1. The average Bonchev–Trinajstić information content (AvgIpc) is 2.95. The van der Waals surface area contributed by atoms with Crippen molar-refractivity contribution in [2.24, 2.45) is 0 Å². The number of hydrogen-bond donors (Lipinski definition) is 1. The number of fused-ring (bicyclic) bond motifs is 1. The molecule has 0 aliphatic carbocycles. The van der Waals surface area contributed by atoms with Gasteiger partial charge in [0.05, 0.1) is 7.11 Å². The summed E-state index contributed by atoms with van der Waals surface area (Å²) in [4.78, 5) is 12.3. The van der Waals surface area contributed by atoms with Crippen LogP contribution in [-0.2, 0) is 9.53 Å². The van der Waals surface area contributed by atoms with Gasteiger partial charge in [-0.1, -0.05) is 11.6 Å². The monoisotopic (exact) mass is 333 g/mol. The minimum Gasteiger partial charge on any atom is -0.505 e. The highest BCUT2D eigenvalue weighted by Crippen LogP contribution is 2.27. The van der Waals surface area contributed by atoms with Crippen molar-refractivity contribution in [3.63, 3.8) is 0 Å². The molecule has 118 valence electrons. The number of carbonyl (C=O) groups is 1. The normalized spacial score (nSPS) is 10.7. The second-order valence-electron chi connectivity index (χ2n) is 4.64. The summed E-state index contributed by atoms with van der Waals surface area (Å²) >= 11 is 5.92. The van der Waals surface area contributed by atoms with E-state index in [-0.39, 0.29) is 12.4 Å². The fourth-order valence-corrected chi connectivity index (χ4v) is 2.13. The summed E-state index contributed by atoms with van der Waals surface area (Å²) in [5, 5.41) is 19.2. The van der Waals surface area contributed by atoms with Gasteiger partial charge in [-0.05, 0) is 30.3 Å². The Kier molecular flexibility index (Phi) is 4.03. The Labute approximate surface area is 136 Å². The van der Waals surface area contributed by atoms with Gasteiger partial charge in [0.1, 0.15) is 28.2 Å². The van der Waals surface area contributed by atoms with E-state index >= 15 is 0 Å². The van der Waals surface area contributed by atoms with Crippen LogP contribution in [0, 0.1) is 0 Å². The summed E-state index contributed by atoms with van der Waals surface area (Å²) < 4.78 is 9.68. The van der Waals surface area contributed by atoms with Crippen LogP contribution in [0.25, 0.3) is 16.7 Å². The number of nitrogens with zero attached hydrogens (tertiary/aromatic N) is 3. The zero-order chi connectivity index (χ0) is 16.4. The first-order chi connectivity index (χ1) is 11.1. The minimum absolute atomic E-state index is 0.0845. The fraction of sp³-hybridized carbons (Fsp3) is 0.133. The van der Waals surface area contributed by atoms with Crippen LogP contribution < -0.4 is 4.74 Å². The van der Waals surface area contributed by atoms with Gasteiger partial charge in [0.2, 0.25) is 0 Å². The summed E-state index contributed by atoms with van der Waals surface area (Å²) in [6.45, 7) is -0.238. The van der Waals surface area contributed by atoms with Gasteiger partial charge in [0.15, 0.2) is 6.61 Å². The maximum atomic E-state index is 11.0. The van der Waals surface area contributed by atoms with Crippen LogP contribution in [0.5, 0.6) is 11.5 Å². The number of carbonyl (C=O) groups excluding carboxylic acids is 1. The van der Waals surface area contributed by atoms with Gasteiger partial charge >= 0.3 is 5.97 Å². The number of hydrogen-bond acceptors (Lipinski definition) is 6. The number of benzene rings is 2. The number of methoxy groups -OCH3 is 1. The Morgan fingerprint density at radius 1 is 1.22 bits per heavy atom. The molecule has 0 fully saturated rings. The maximum Gasteiger partial charge on any atom is 0.343 e. The third kappa shape index (κ3) is 3.19. The second-order valence-corrected chi connectivity index (χ2v) is 5.07. The van der Waals surface area contributed by atoms with Crippen LogP contribution >= 0.6 is 11.6 Å². The number of aromatic nitrogens is 3. The number of rotatable bonds is 4. The summed E-state index contributed by atoms with van der Waals surface area (Å²) in [6.07, 6.45) is 0. The first-order valence-electron chi connectivity index (χ1n) is 6.62. The molecular weight excluding hydrogens is 322 g/mol. The highest BCUT2D eigenvalue weighted by atomic mass is 35.5. The SMILES string of the molecule is COC(=O)COc1ccc(-n2nc3ccc(Cl)cc3n2)c(O)c1. The number of aromatic hydroxyl groups is 1. The topological polar surface area (TPSA) is 86.5 Å². The molecule has 0 saturated carbocycles. The predicted molar refractivity (Wildman–Crippen MR) is 83.1 cm³/mol. The van der Waals surface area contributed by atoms with Crippen molar-refractivity contribution in [1.82, 2.24) is 15.0 Å². The lowest BCUT2D eigenvalue weighted by Crippen LogP contribution is -2.12. The molecule has 23 heavy (non-hydrogen) atoms. The summed E-state index contributed by atoms with van der Waals surface area (Å²) in [5.41, 5.74) is 1.64. The van der Waals surface area contributed by atoms with Gasteiger partial charge in [-0.3, -0.25) is 0 Å². The van der Waals surface area contributed by atoms with Crippen molar-refractivity contribution in [1.29, 1.82) is 0 Å². The Morgan fingerprint density at radius 2 is 2.00 bits per heavy atom. The molecule has 0 saturated heterocycles. The van der Waals surface area contributed by atoms with Gasteiger partial charge < -0.3 is 14.6 Å². The van der Waals surface area contributed by atoms with Crippen molar-refractivity contribution < 1.29 is 19.4 Å². The lowest BCUT2D eigenvalue weighted by molar-refractivity contribution is -0.142. The van der Waals surface area contributed by atoms with Gasteiger partial charge in [0, 0.05) is 11.1 Å². The van der Waals surface area contributed by atoms with Crippen molar-refractivity contribution >= 4 is 28.6 Å². The highest BCUT2D eigenvalue weighted by molar-refractivity contribution is 6.31. The third-order valence-corrected chi connectivity index (χ3v) is 3.32. The Morgan fingerprint density at radius 3 is 2.74 bits per heavy atom. The third-order valence-electron chi connectivity index (χ3n) is 3.09. The molecule has 1 aromatic heterocycles. The molecule has 3 rings (SSSR count). The van der Waals surface area contributed by atoms with Crippen molar-refractivity contribution in [2.75, 3.05) is 13.7 Å². The smallest absolute Gasteiger partial charge is 0.343 e. The Hall–Kier alpha value is -2.80. The van der Waals surface area contributed by atoms with Crippen LogP contribution in [0.1, 0.15) is 0 Å². The molecule has 0 spiro atoms. The van der Waals surface area contributed by atoms with E-state index in [1.165, 1.54) is 18.0 Å². The standard InChI is InChI=1S/C15H12ClN3O4/c1-22-15(21)8-23-10-3-5-13(14(20)7-10)19-17-11-4-2-9(16)6-12(11)18-19/h2-7,20H,8H2,1H3. The lowest BCUT2D eigenvalue weighted by atomic mass is 10.3. The largest absolute Gasteiger partial charge is 0.505 e. The number of phenols is 1. The van der Waals surface area contributed by atoms with Gasteiger partial charge in [-0.15, -0.1) is 15.0 Å². The van der Waals surface area contributed by atoms with E-state index in [2.05, 4.69) is 14.9 Å². The lowest BCUT2D eigenvalue weighted by Gasteiger charge is -2.07. The number of ether oxygens (including phenoxy) is 2. The molecule has 7 nitrogen and oxygen atoms in total. The van der Waals surface area contributed by atoms with E-state index in [4.69, 9.17) is 16.3 Å². The van der Waals surface area contributed by atoms with Gasteiger partial charge in [-0.25, -0.2) is 4.79 Å². The van der Waals surface area contributed by atoms with Crippen LogP contribution in [0.15, 0.2) is 36.4 Å². The Balaban J connectivity index is 1.88. The van der Waals surface area contributed by atoms with E-state index < -0.39 is 5.97 Å². The fourth-order valence-electron chi connectivity index (χ4n) is 1.96. The highest BCUT2D eigenvalue weighted by Gasteiger charge is 2.11. The molecule has 0 bridgehead atoms. The molecule has 0 amide bonds. The summed E-state index contributed by atoms with van der Waals surface area (Å²) in [6, 6.07) is 9.70. The van der Waals surface area contributed by atoms with Crippen molar-refractivity contribution in [3.05, 3.63) is 41.4 Å². The molecule has 1 N–H and O–H groups in total. The van der Waals surface area contributed by atoms with Gasteiger partial charge in [-0.2, -0.15) is 0 Å². The quantitative estimate of drug-likeness (QED) is 0.737.